The van der Waals surface area contributed by atoms with Gasteiger partial charge in [-0.3, -0.25) is 4.79 Å². The van der Waals surface area contributed by atoms with Gasteiger partial charge in [0.2, 0.25) is 5.91 Å². The Morgan fingerprint density at radius 2 is 1.74 bits per heavy atom. The van der Waals surface area contributed by atoms with Gasteiger partial charge >= 0.3 is 0 Å². The van der Waals surface area contributed by atoms with E-state index in [1.165, 1.54) is 23.2 Å². The molecule has 1 aliphatic heterocycles. The lowest BCUT2D eigenvalue weighted by Crippen LogP contribution is -2.30. The lowest BCUT2D eigenvalue weighted by atomic mass is 9.85. The molecule has 2 aromatic rings. The molecule has 0 atom stereocenters. The van der Waals surface area contributed by atoms with Crippen molar-refractivity contribution in [2.75, 3.05) is 16.8 Å². The molecule has 4 rings (SSSR count). The van der Waals surface area contributed by atoms with Crippen LogP contribution in [0.15, 0.2) is 48.5 Å². The zero-order valence-corrected chi connectivity index (χ0v) is 13.3. The molecule has 0 bridgehead atoms. The molecule has 0 spiro atoms. The second-order valence-electron chi connectivity index (χ2n) is 6.60. The van der Waals surface area contributed by atoms with Gasteiger partial charge in [-0.25, -0.2) is 0 Å². The van der Waals surface area contributed by atoms with Gasteiger partial charge < -0.3 is 10.2 Å². The number of hydrogen-bond donors (Lipinski definition) is 1. The Hall–Kier alpha value is -2.29. The maximum atomic E-state index is 12.0. The highest BCUT2D eigenvalue weighted by Gasteiger charge is 2.25. The van der Waals surface area contributed by atoms with Crippen molar-refractivity contribution in [3.63, 3.8) is 0 Å². The van der Waals surface area contributed by atoms with Crippen molar-refractivity contribution in [2.45, 2.75) is 32.2 Å². The van der Waals surface area contributed by atoms with Crippen molar-refractivity contribution in [3.05, 3.63) is 59.7 Å². The van der Waals surface area contributed by atoms with Gasteiger partial charge in [0.15, 0.2) is 0 Å². The maximum absolute atomic E-state index is 12.0. The van der Waals surface area contributed by atoms with Crippen LogP contribution in [0, 0.1) is 5.92 Å². The van der Waals surface area contributed by atoms with Crippen LogP contribution in [0.25, 0.3) is 0 Å². The first-order valence-electron chi connectivity index (χ1n) is 8.52. The van der Waals surface area contributed by atoms with E-state index in [0.717, 1.165) is 38.0 Å². The minimum absolute atomic E-state index is 0.177. The Morgan fingerprint density at radius 3 is 2.43 bits per heavy atom. The van der Waals surface area contributed by atoms with E-state index in [1.54, 1.807) is 0 Å². The summed E-state index contributed by atoms with van der Waals surface area (Å²) < 4.78 is 0. The Morgan fingerprint density at radius 1 is 1.00 bits per heavy atom. The monoisotopic (exact) mass is 306 g/mol. The first-order chi connectivity index (χ1) is 11.3. The van der Waals surface area contributed by atoms with Crippen molar-refractivity contribution in [2.24, 2.45) is 5.92 Å². The highest BCUT2D eigenvalue weighted by atomic mass is 16.1. The molecule has 0 unspecified atom stereocenters. The normalized spacial score (nSPS) is 17.3. The summed E-state index contributed by atoms with van der Waals surface area (Å²) in [4.78, 5) is 14.4. The predicted octanol–water partition coefficient (Wildman–Crippen LogP) is 3.99. The number of hydrogen-bond acceptors (Lipinski definition) is 2. The number of rotatable bonds is 3. The zero-order chi connectivity index (χ0) is 15.6. The number of benzene rings is 2. The van der Waals surface area contributed by atoms with Crippen LogP contribution in [0.5, 0.6) is 0 Å². The predicted molar refractivity (Wildman–Crippen MR) is 93.6 cm³/mol. The number of nitrogens with one attached hydrogen (secondary N) is 1. The third-order valence-corrected chi connectivity index (χ3v) is 5.11. The van der Waals surface area contributed by atoms with E-state index in [1.807, 2.05) is 12.1 Å². The summed E-state index contributed by atoms with van der Waals surface area (Å²) in [6.07, 6.45) is 4.36. The second kappa shape index (κ2) is 6.07. The third kappa shape index (κ3) is 2.96. The molecule has 1 saturated carbocycles. The number of anilines is 2. The van der Waals surface area contributed by atoms with Crippen molar-refractivity contribution < 1.29 is 4.79 Å². The van der Waals surface area contributed by atoms with E-state index in [-0.39, 0.29) is 11.8 Å². The van der Waals surface area contributed by atoms with Crippen molar-refractivity contribution in [1.82, 2.24) is 0 Å². The summed E-state index contributed by atoms with van der Waals surface area (Å²) in [5.74, 6) is 0.407. The summed E-state index contributed by atoms with van der Waals surface area (Å²) in [5.41, 5.74) is 5.01. The molecule has 3 heteroatoms. The van der Waals surface area contributed by atoms with Gasteiger partial charge in [-0.05, 0) is 54.7 Å². The van der Waals surface area contributed by atoms with Crippen molar-refractivity contribution >= 4 is 17.3 Å². The number of carbonyl (C=O) groups is 1. The molecule has 1 N–H and O–H groups in total. The molecule has 3 nitrogen and oxygen atoms in total. The van der Waals surface area contributed by atoms with Gasteiger partial charge in [-0.2, -0.15) is 0 Å². The van der Waals surface area contributed by atoms with E-state index in [0.29, 0.717) is 0 Å². The van der Waals surface area contributed by atoms with Gasteiger partial charge in [0.25, 0.3) is 0 Å². The molecule has 1 aliphatic carbocycles. The second-order valence-corrected chi connectivity index (χ2v) is 6.60. The molecular weight excluding hydrogens is 284 g/mol. The van der Waals surface area contributed by atoms with Crippen LogP contribution in [-0.2, 0) is 17.8 Å². The van der Waals surface area contributed by atoms with E-state index in [2.05, 4.69) is 46.6 Å². The van der Waals surface area contributed by atoms with Gasteiger partial charge in [0.05, 0.1) is 0 Å². The fourth-order valence-corrected chi connectivity index (χ4v) is 3.39. The number of carbonyl (C=O) groups excluding carboxylic acids is 1. The van der Waals surface area contributed by atoms with Gasteiger partial charge in [-0.15, -0.1) is 0 Å². The molecule has 1 heterocycles. The topological polar surface area (TPSA) is 32.3 Å². The van der Waals surface area contributed by atoms with Crippen LogP contribution >= 0.6 is 0 Å². The Labute approximate surface area is 137 Å². The largest absolute Gasteiger partial charge is 0.367 e. The van der Waals surface area contributed by atoms with Crippen LogP contribution in [0.1, 0.15) is 30.4 Å². The highest BCUT2D eigenvalue weighted by Crippen LogP contribution is 2.29. The lowest BCUT2D eigenvalue weighted by Gasteiger charge is -2.31. The molecule has 1 fully saturated rings. The summed E-state index contributed by atoms with van der Waals surface area (Å²) in [5, 5.41) is 3.03. The minimum Gasteiger partial charge on any atom is -0.367 e. The average molecular weight is 306 g/mol. The fraction of sp³-hybridized carbons (Fsp3) is 0.350. The maximum Gasteiger partial charge on any atom is 0.227 e. The Balaban J connectivity index is 1.43. The molecule has 0 aromatic heterocycles. The standard InChI is InChI=1S/C20H22N2O/c23-20(16-6-3-7-16)21-18-8-10-19(11-9-18)22-13-12-15-4-1-2-5-17(15)14-22/h1-2,4-5,8-11,16H,3,6-7,12-14H2,(H,21,23). The van der Waals surface area contributed by atoms with Crippen molar-refractivity contribution in [1.29, 1.82) is 0 Å². The van der Waals surface area contributed by atoms with Crippen LogP contribution < -0.4 is 10.2 Å². The molecule has 2 aliphatic rings. The first kappa shape index (κ1) is 14.3. The van der Waals surface area contributed by atoms with Crippen molar-refractivity contribution in [3.8, 4) is 0 Å². The molecular formula is C20H22N2O. The summed E-state index contributed by atoms with van der Waals surface area (Å²) in [6.45, 7) is 2.01. The summed E-state index contributed by atoms with van der Waals surface area (Å²) >= 11 is 0. The van der Waals surface area contributed by atoms with Gasteiger partial charge in [-0.1, -0.05) is 30.7 Å². The average Bonchev–Trinajstić information content (AvgIpc) is 2.53. The Kier molecular flexibility index (Phi) is 3.78. The smallest absolute Gasteiger partial charge is 0.227 e. The van der Waals surface area contributed by atoms with Crippen LogP contribution in [0.4, 0.5) is 11.4 Å². The number of fused-ring (bicyclic) bond motifs is 1. The molecule has 118 valence electrons. The molecule has 0 radical (unpaired) electrons. The summed E-state index contributed by atoms with van der Waals surface area (Å²) in [7, 11) is 0. The van der Waals surface area contributed by atoms with E-state index in [9.17, 15) is 4.79 Å². The fourth-order valence-electron chi connectivity index (χ4n) is 3.39. The third-order valence-electron chi connectivity index (χ3n) is 5.11. The van der Waals surface area contributed by atoms with E-state index < -0.39 is 0 Å². The first-order valence-corrected chi connectivity index (χ1v) is 8.52. The minimum atomic E-state index is 0.177. The number of nitrogens with zero attached hydrogens (tertiary/aromatic N) is 1. The molecule has 23 heavy (non-hydrogen) atoms. The molecule has 1 amide bonds. The highest BCUT2D eigenvalue weighted by molar-refractivity contribution is 5.93. The van der Waals surface area contributed by atoms with Crippen LogP contribution in [0.3, 0.4) is 0 Å². The van der Waals surface area contributed by atoms with Gasteiger partial charge in [0, 0.05) is 30.4 Å². The zero-order valence-electron chi connectivity index (χ0n) is 13.3. The molecule has 0 saturated heterocycles. The van der Waals surface area contributed by atoms with Crippen LogP contribution in [0.2, 0.25) is 0 Å². The number of amides is 1. The SMILES string of the molecule is O=C(Nc1ccc(N2CCc3ccccc3C2)cc1)C1CCC1. The molecule has 2 aromatic carbocycles. The van der Waals surface area contributed by atoms with E-state index in [4.69, 9.17) is 0 Å². The van der Waals surface area contributed by atoms with Crippen LogP contribution in [-0.4, -0.2) is 12.5 Å². The quantitative estimate of drug-likeness (QED) is 0.930. The van der Waals surface area contributed by atoms with Gasteiger partial charge in [0.1, 0.15) is 0 Å². The van der Waals surface area contributed by atoms with E-state index >= 15 is 0 Å². The summed E-state index contributed by atoms with van der Waals surface area (Å²) in [6, 6.07) is 16.9. The lowest BCUT2D eigenvalue weighted by molar-refractivity contribution is -0.122. The Bertz CT molecular complexity index is 704.